The van der Waals surface area contributed by atoms with Crippen molar-refractivity contribution in [2.75, 3.05) is 16.4 Å². The average Bonchev–Trinajstić information content (AvgIpc) is 3.46. The lowest BCUT2D eigenvalue weighted by atomic mass is 9.88. The monoisotopic (exact) mass is 457 g/mol. The molecule has 0 spiro atoms. The molecule has 0 radical (unpaired) electrons. The normalized spacial score (nSPS) is 14.4. The molecule has 1 saturated carbocycles. The summed E-state index contributed by atoms with van der Waals surface area (Å²) in [7, 11) is 0. The average molecular weight is 458 g/mol. The van der Waals surface area contributed by atoms with Gasteiger partial charge in [0.15, 0.2) is 5.13 Å². The number of benzene rings is 1. The zero-order valence-corrected chi connectivity index (χ0v) is 18.9. The van der Waals surface area contributed by atoms with Crippen LogP contribution in [0.2, 0.25) is 0 Å². The molecule has 2 N–H and O–H groups in total. The molecule has 2 amide bonds. The Balaban J connectivity index is 1.23. The fraction of sp³-hybridized carbons (Fsp3) is 0.318. The van der Waals surface area contributed by atoms with Crippen molar-refractivity contribution in [1.82, 2.24) is 4.98 Å². The van der Waals surface area contributed by atoms with Crippen LogP contribution in [0, 0.1) is 5.92 Å². The molecule has 3 aromatic rings. The number of anilines is 2. The van der Waals surface area contributed by atoms with Crippen LogP contribution in [0.3, 0.4) is 0 Å². The Morgan fingerprint density at radius 2 is 1.83 bits per heavy atom. The first-order valence-electron chi connectivity index (χ1n) is 10.0. The number of hydrogen-bond donors (Lipinski definition) is 2. The summed E-state index contributed by atoms with van der Waals surface area (Å²) < 4.78 is 0. The predicted octanol–water partition coefficient (Wildman–Crippen LogP) is 6.12. The molecule has 5 nitrogen and oxygen atoms in total. The van der Waals surface area contributed by atoms with Gasteiger partial charge in [-0.2, -0.15) is 0 Å². The molecule has 1 aromatic carbocycles. The van der Waals surface area contributed by atoms with E-state index < -0.39 is 0 Å². The highest BCUT2D eigenvalue weighted by Crippen LogP contribution is 2.29. The molecule has 2 heterocycles. The molecule has 0 atom stereocenters. The van der Waals surface area contributed by atoms with E-state index in [1.807, 2.05) is 47.2 Å². The molecule has 30 heavy (non-hydrogen) atoms. The van der Waals surface area contributed by atoms with Gasteiger partial charge in [0.25, 0.3) is 0 Å². The van der Waals surface area contributed by atoms with Gasteiger partial charge in [-0.15, -0.1) is 34.4 Å². The molecule has 8 heteroatoms. The number of nitrogens with zero attached hydrogens (tertiary/aromatic N) is 1. The van der Waals surface area contributed by atoms with Gasteiger partial charge in [-0.3, -0.25) is 9.59 Å². The Morgan fingerprint density at radius 3 is 2.57 bits per heavy atom. The number of thioether (sulfide) groups is 1. The van der Waals surface area contributed by atoms with E-state index in [9.17, 15) is 9.59 Å². The van der Waals surface area contributed by atoms with Crippen LogP contribution < -0.4 is 10.6 Å². The van der Waals surface area contributed by atoms with Crippen LogP contribution >= 0.6 is 34.4 Å². The summed E-state index contributed by atoms with van der Waals surface area (Å²) in [5.41, 5.74) is 1.70. The lowest BCUT2D eigenvalue weighted by Crippen LogP contribution is -2.24. The van der Waals surface area contributed by atoms with E-state index in [-0.39, 0.29) is 17.7 Å². The van der Waals surface area contributed by atoms with E-state index in [0.29, 0.717) is 10.9 Å². The maximum absolute atomic E-state index is 12.3. The molecule has 1 fully saturated rings. The van der Waals surface area contributed by atoms with Gasteiger partial charge in [-0.1, -0.05) is 25.3 Å². The molecular formula is C22H23N3O2S3. The zero-order valence-electron chi connectivity index (χ0n) is 16.4. The number of hydrogen-bond acceptors (Lipinski definition) is 6. The predicted molar refractivity (Wildman–Crippen MR) is 126 cm³/mol. The molecule has 156 valence electrons. The Labute approximate surface area is 188 Å². The van der Waals surface area contributed by atoms with Crippen LogP contribution in [0.1, 0.15) is 32.1 Å². The summed E-state index contributed by atoms with van der Waals surface area (Å²) in [5, 5.41) is 10.5. The molecule has 0 aliphatic heterocycles. The number of carbonyl (C=O) groups is 2. The maximum Gasteiger partial charge on any atom is 0.236 e. The van der Waals surface area contributed by atoms with E-state index >= 15 is 0 Å². The van der Waals surface area contributed by atoms with Crippen LogP contribution in [-0.4, -0.2) is 22.6 Å². The van der Waals surface area contributed by atoms with Gasteiger partial charge >= 0.3 is 0 Å². The second-order valence-corrected chi connectivity index (χ2v) is 10.1. The number of aromatic nitrogens is 1. The first-order chi connectivity index (χ1) is 14.7. The molecule has 1 aliphatic carbocycles. The number of rotatable bonds is 7. The lowest BCUT2D eigenvalue weighted by Gasteiger charge is -2.20. The van der Waals surface area contributed by atoms with Gasteiger partial charge < -0.3 is 10.6 Å². The third kappa shape index (κ3) is 5.71. The van der Waals surface area contributed by atoms with Crippen molar-refractivity contribution in [3.63, 3.8) is 0 Å². The Kier molecular flexibility index (Phi) is 7.20. The minimum absolute atomic E-state index is 0.0817. The van der Waals surface area contributed by atoms with E-state index in [2.05, 4.69) is 15.6 Å². The highest BCUT2D eigenvalue weighted by Gasteiger charge is 2.21. The molecule has 0 bridgehead atoms. The maximum atomic E-state index is 12.3. The highest BCUT2D eigenvalue weighted by molar-refractivity contribution is 8.00. The van der Waals surface area contributed by atoms with Crippen LogP contribution in [0.25, 0.3) is 10.6 Å². The van der Waals surface area contributed by atoms with Crippen molar-refractivity contribution in [2.24, 2.45) is 5.92 Å². The third-order valence-electron chi connectivity index (χ3n) is 4.99. The lowest BCUT2D eigenvalue weighted by molar-refractivity contribution is -0.120. The van der Waals surface area contributed by atoms with Gasteiger partial charge in [0.05, 0.1) is 16.3 Å². The molecule has 2 aromatic heterocycles. The fourth-order valence-corrected chi connectivity index (χ4v) is 5.60. The quantitative estimate of drug-likeness (QED) is 0.419. The van der Waals surface area contributed by atoms with Crippen molar-refractivity contribution in [1.29, 1.82) is 0 Å². The summed E-state index contributed by atoms with van der Waals surface area (Å²) in [6.07, 6.45) is 5.51. The Hall–Kier alpha value is -2.16. The molecular weight excluding hydrogens is 434 g/mol. The van der Waals surface area contributed by atoms with Crippen LogP contribution in [0.15, 0.2) is 52.1 Å². The number of amides is 2. The number of carbonyl (C=O) groups excluding carboxylic acids is 2. The minimum atomic E-state index is -0.0817. The Bertz CT molecular complexity index is 977. The van der Waals surface area contributed by atoms with Crippen molar-refractivity contribution in [3.05, 3.63) is 47.2 Å². The Morgan fingerprint density at radius 1 is 1.03 bits per heavy atom. The van der Waals surface area contributed by atoms with Crippen molar-refractivity contribution < 1.29 is 9.59 Å². The molecule has 1 aliphatic rings. The number of thiazole rings is 1. The topological polar surface area (TPSA) is 71.1 Å². The first kappa shape index (κ1) is 21.1. The van der Waals surface area contributed by atoms with Gasteiger partial charge in [-0.25, -0.2) is 4.98 Å². The standard InChI is InChI=1S/C22H23N3O2S3/c26-20(25-22-24-18(13-30-22)19-7-4-12-28-19)14-29-17-10-8-16(9-11-17)23-21(27)15-5-2-1-3-6-15/h4,7-13,15H,1-3,5-6,14H2,(H,23,27)(H,24,25,26). The van der Waals surface area contributed by atoms with E-state index in [1.54, 1.807) is 11.3 Å². The second kappa shape index (κ2) is 10.2. The largest absolute Gasteiger partial charge is 0.326 e. The summed E-state index contributed by atoms with van der Waals surface area (Å²) in [5.74, 6) is 0.492. The fourth-order valence-electron chi connectivity index (χ4n) is 3.42. The van der Waals surface area contributed by atoms with Gasteiger partial charge in [-0.05, 0) is 48.6 Å². The molecule has 4 rings (SSSR count). The van der Waals surface area contributed by atoms with Gasteiger partial charge in [0, 0.05) is 21.9 Å². The van der Waals surface area contributed by atoms with Gasteiger partial charge in [0.1, 0.15) is 0 Å². The SMILES string of the molecule is O=C(CSc1ccc(NC(=O)C2CCCCC2)cc1)Nc1nc(-c2cccs2)cs1. The first-order valence-corrected chi connectivity index (χ1v) is 12.7. The number of thiophene rings is 1. The van der Waals surface area contributed by atoms with E-state index in [1.165, 1.54) is 29.5 Å². The van der Waals surface area contributed by atoms with Crippen LogP contribution in [-0.2, 0) is 9.59 Å². The smallest absolute Gasteiger partial charge is 0.236 e. The summed E-state index contributed by atoms with van der Waals surface area (Å²) in [6.45, 7) is 0. The molecule has 0 unspecified atom stereocenters. The van der Waals surface area contributed by atoms with Crippen molar-refractivity contribution in [2.45, 2.75) is 37.0 Å². The third-order valence-corrected chi connectivity index (χ3v) is 7.65. The van der Waals surface area contributed by atoms with E-state index in [0.717, 1.165) is 46.8 Å². The van der Waals surface area contributed by atoms with Crippen molar-refractivity contribution >= 4 is 57.1 Å². The summed E-state index contributed by atoms with van der Waals surface area (Å²) in [6, 6.07) is 11.7. The van der Waals surface area contributed by atoms with Gasteiger partial charge in [0.2, 0.25) is 11.8 Å². The molecule has 0 saturated heterocycles. The van der Waals surface area contributed by atoms with Crippen LogP contribution in [0.4, 0.5) is 10.8 Å². The van der Waals surface area contributed by atoms with E-state index in [4.69, 9.17) is 0 Å². The summed E-state index contributed by atoms with van der Waals surface area (Å²) in [4.78, 5) is 31.1. The second-order valence-electron chi connectivity index (χ2n) is 7.20. The van der Waals surface area contributed by atoms with Crippen LogP contribution in [0.5, 0.6) is 0 Å². The number of nitrogens with one attached hydrogen (secondary N) is 2. The van der Waals surface area contributed by atoms with Crippen molar-refractivity contribution in [3.8, 4) is 10.6 Å². The summed E-state index contributed by atoms with van der Waals surface area (Å²) >= 11 is 4.52. The minimum Gasteiger partial charge on any atom is -0.326 e. The zero-order chi connectivity index (χ0) is 20.8. The highest BCUT2D eigenvalue weighted by atomic mass is 32.2.